The first-order valence-electron chi connectivity index (χ1n) is 16.7. The molecule has 0 saturated carbocycles. The third-order valence-electron chi connectivity index (χ3n) is 9.88. The monoisotopic (exact) mass is 655 g/mol. The van der Waals surface area contributed by atoms with Crippen molar-refractivity contribution in [2.75, 3.05) is 71.4 Å². The number of likely N-dealkylation sites (N-methyl/N-ethyl adjacent to an activating group) is 1. The van der Waals surface area contributed by atoms with E-state index in [9.17, 15) is 9.59 Å². The molecule has 0 unspecified atom stereocenters. The fourth-order valence-electron chi connectivity index (χ4n) is 7.25. The Bertz CT molecular complexity index is 1850. The number of nitrogens with zero attached hydrogens (tertiary/aromatic N) is 8. The van der Waals surface area contributed by atoms with Crippen LogP contribution < -0.4 is 9.64 Å². The molecular weight excluding hydrogens is 613 g/mol. The lowest BCUT2D eigenvalue weighted by molar-refractivity contribution is -0.131. The smallest absolute Gasteiger partial charge is 0.270 e. The van der Waals surface area contributed by atoms with Crippen molar-refractivity contribution in [2.24, 2.45) is 0 Å². The number of carbonyl (C=O) groups excluding carboxylic acids is 2. The molecule has 0 aliphatic carbocycles. The maximum absolute atomic E-state index is 16.6. The molecule has 2 fully saturated rings. The van der Waals surface area contributed by atoms with Gasteiger partial charge >= 0.3 is 0 Å². The van der Waals surface area contributed by atoms with Crippen molar-refractivity contribution in [1.82, 2.24) is 39.7 Å². The topological polar surface area (TPSA) is 116 Å². The second kappa shape index (κ2) is 13.4. The second-order valence-electron chi connectivity index (χ2n) is 13.1. The molecule has 2 saturated heterocycles. The van der Waals surface area contributed by atoms with Gasteiger partial charge < -0.3 is 29.3 Å². The van der Waals surface area contributed by atoms with Gasteiger partial charge in [-0.15, -0.1) is 5.10 Å². The molecule has 4 aromatic rings. The van der Waals surface area contributed by atoms with Gasteiger partial charge in [0, 0.05) is 75.6 Å². The van der Waals surface area contributed by atoms with Gasteiger partial charge in [0.2, 0.25) is 5.91 Å². The van der Waals surface area contributed by atoms with Crippen LogP contribution in [0.5, 0.6) is 5.75 Å². The molecule has 0 radical (unpaired) electrons. The summed E-state index contributed by atoms with van der Waals surface area (Å²) in [7, 11) is 3.74. The molecular formula is C35H42FN9O3. The van der Waals surface area contributed by atoms with Crippen molar-refractivity contribution in [3.05, 3.63) is 71.1 Å². The summed E-state index contributed by atoms with van der Waals surface area (Å²) in [6.45, 7) is 7.39. The molecule has 12 nitrogen and oxygen atoms in total. The minimum Gasteiger partial charge on any atom is -0.493 e. The van der Waals surface area contributed by atoms with Gasteiger partial charge in [0.15, 0.2) is 17.4 Å². The van der Waals surface area contributed by atoms with Gasteiger partial charge in [-0.3, -0.25) is 14.3 Å². The van der Waals surface area contributed by atoms with E-state index >= 15 is 4.39 Å². The number of aryl methyl sites for hydroxylation is 2. The Kier molecular flexibility index (Phi) is 8.86. The first-order valence-corrected chi connectivity index (χ1v) is 16.7. The number of aromatic nitrogens is 5. The number of amides is 2. The van der Waals surface area contributed by atoms with Crippen molar-refractivity contribution in [3.63, 3.8) is 0 Å². The minimum absolute atomic E-state index is 0.000292. The number of H-pyrrole nitrogens is 1. The van der Waals surface area contributed by atoms with Gasteiger partial charge in [0.05, 0.1) is 25.4 Å². The van der Waals surface area contributed by atoms with Crippen LogP contribution in [0.1, 0.15) is 52.4 Å². The van der Waals surface area contributed by atoms with Crippen molar-refractivity contribution < 1.29 is 18.7 Å². The summed E-state index contributed by atoms with van der Waals surface area (Å²) < 4.78 is 23.8. The zero-order chi connectivity index (χ0) is 33.4. The van der Waals surface area contributed by atoms with E-state index in [1.54, 1.807) is 29.1 Å². The standard InChI is InChI=1S/C35H42FN9O3/c1-23-17-30(48-3)34(37-20-23)42-13-15-43(16-14-42)35(47)29-19-28-26(25-6-10-41(2)21-25)18-27(32(36)33(28)39-29)24-5-4-9-44(22-24)31(46)7-11-45-12-8-38-40-45/h5,8,12,17-20,25,39H,4,6-7,9-11,13-16,21-22H2,1-3H3/t25-/m0/s1. The van der Waals surface area contributed by atoms with Gasteiger partial charge in [0.25, 0.3) is 5.91 Å². The van der Waals surface area contributed by atoms with E-state index in [-0.39, 0.29) is 23.5 Å². The van der Waals surface area contributed by atoms with Crippen molar-refractivity contribution in [2.45, 2.75) is 38.6 Å². The number of ether oxygens (including phenoxy) is 1. The molecule has 1 atom stereocenters. The number of benzene rings is 1. The van der Waals surface area contributed by atoms with E-state index in [2.05, 4.69) is 37.1 Å². The molecule has 6 heterocycles. The van der Waals surface area contributed by atoms with Crippen LogP contribution in [0.15, 0.2) is 42.9 Å². The Balaban J connectivity index is 1.13. The summed E-state index contributed by atoms with van der Waals surface area (Å²) in [6.07, 6.45) is 9.08. The normalized spacial score (nSPS) is 18.9. The van der Waals surface area contributed by atoms with Gasteiger partial charge in [-0.25, -0.2) is 9.37 Å². The molecule has 13 heteroatoms. The summed E-state index contributed by atoms with van der Waals surface area (Å²) in [6, 6.07) is 5.77. The van der Waals surface area contributed by atoms with E-state index in [1.165, 1.54) is 0 Å². The minimum atomic E-state index is -0.385. The quantitative estimate of drug-likeness (QED) is 0.306. The van der Waals surface area contributed by atoms with Crippen LogP contribution >= 0.6 is 0 Å². The predicted octanol–water partition coefficient (Wildman–Crippen LogP) is 3.70. The highest BCUT2D eigenvalue weighted by Crippen LogP contribution is 2.38. The van der Waals surface area contributed by atoms with Crippen LogP contribution in [0.2, 0.25) is 0 Å². The molecule has 3 aliphatic heterocycles. The highest BCUT2D eigenvalue weighted by Gasteiger charge is 2.31. The van der Waals surface area contributed by atoms with Crippen LogP contribution in [0, 0.1) is 12.7 Å². The van der Waals surface area contributed by atoms with Crippen LogP contribution in [0.3, 0.4) is 0 Å². The Morgan fingerprint density at radius 2 is 1.92 bits per heavy atom. The molecule has 252 valence electrons. The first-order chi connectivity index (χ1) is 23.3. The summed E-state index contributed by atoms with van der Waals surface area (Å²) in [5, 5.41) is 8.51. The lowest BCUT2D eigenvalue weighted by atomic mass is 9.89. The second-order valence-corrected chi connectivity index (χ2v) is 13.1. The molecule has 3 aliphatic rings. The number of pyridine rings is 1. The van der Waals surface area contributed by atoms with Crippen molar-refractivity contribution in [1.29, 1.82) is 0 Å². The summed E-state index contributed by atoms with van der Waals surface area (Å²) in [4.78, 5) is 42.8. The van der Waals surface area contributed by atoms with E-state index in [0.29, 0.717) is 81.2 Å². The van der Waals surface area contributed by atoms with Crippen LogP contribution in [-0.2, 0) is 11.3 Å². The number of hydrogen-bond donors (Lipinski definition) is 1. The SMILES string of the molecule is COc1cc(C)cnc1N1CCN(C(=O)c2cc3c([C@H]4CCN(C)C4)cc(C4=CCCN(C(=O)CCn5ccnn5)C4)c(F)c3[nH]2)CC1. The van der Waals surface area contributed by atoms with Crippen LogP contribution in [0.25, 0.3) is 16.5 Å². The molecule has 0 bridgehead atoms. The number of methoxy groups -OCH3 is 1. The lowest BCUT2D eigenvalue weighted by Gasteiger charge is -2.35. The maximum Gasteiger partial charge on any atom is 0.270 e. The van der Waals surface area contributed by atoms with E-state index in [1.807, 2.05) is 42.3 Å². The Hall–Kier alpha value is -4.78. The number of carbonyl (C=O) groups is 2. The summed E-state index contributed by atoms with van der Waals surface area (Å²) in [5.74, 6) is 1.17. The fourth-order valence-corrected chi connectivity index (χ4v) is 7.25. The number of hydrogen-bond acceptors (Lipinski definition) is 8. The predicted molar refractivity (Wildman–Crippen MR) is 181 cm³/mol. The molecule has 2 amide bonds. The van der Waals surface area contributed by atoms with E-state index < -0.39 is 0 Å². The van der Waals surface area contributed by atoms with Crippen molar-refractivity contribution >= 4 is 34.1 Å². The van der Waals surface area contributed by atoms with Crippen molar-refractivity contribution in [3.8, 4) is 5.75 Å². The molecule has 1 N–H and O–H groups in total. The zero-order valence-electron chi connectivity index (χ0n) is 27.8. The Morgan fingerprint density at radius 1 is 1.08 bits per heavy atom. The van der Waals surface area contributed by atoms with Gasteiger partial charge in [-0.2, -0.15) is 0 Å². The zero-order valence-corrected chi connectivity index (χ0v) is 27.8. The average molecular weight is 656 g/mol. The number of aromatic amines is 1. The van der Waals surface area contributed by atoms with E-state index in [0.717, 1.165) is 47.4 Å². The first kappa shape index (κ1) is 31.8. The third-order valence-corrected chi connectivity index (χ3v) is 9.88. The molecule has 3 aromatic heterocycles. The lowest BCUT2D eigenvalue weighted by Crippen LogP contribution is -2.49. The molecule has 0 spiro atoms. The largest absolute Gasteiger partial charge is 0.493 e. The van der Waals surface area contributed by atoms with E-state index in [4.69, 9.17) is 4.74 Å². The summed E-state index contributed by atoms with van der Waals surface area (Å²) in [5.41, 5.74) is 4.08. The Morgan fingerprint density at radius 3 is 2.65 bits per heavy atom. The number of anilines is 1. The number of rotatable bonds is 8. The van der Waals surface area contributed by atoms with Crippen LogP contribution in [0.4, 0.5) is 10.2 Å². The van der Waals surface area contributed by atoms with Gasteiger partial charge in [0.1, 0.15) is 5.69 Å². The number of nitrogens with one attached hydrogen (secondary N) is 1. The Labute approximate surface area is 279 Å². The number of fused-ring (bicyclic) bond motifs is 1. The third kappa shape index (κ3) is 6.26. The average Bonchev–Trinajstić information content (AvgIpc) is 3.89. The number of piperazine rings is 1. The molecule has 1 aromatic carbocycles. The molecule has 7 rings (SSSR count). The number of likely N-dealkylation sites (tertiary alicyclic amines) is 1. The molecule has 48 heavy (non-hydrogen) atoms. The van der Waals surface area contributed by atoms with Crippen LogP contribution in [-0.4, -0.2) is 118 Å². The highest BCUT2D eigenvalue weighted by atomic mass is 19.1. The van der Waals surface area contributed by atoms with Gasteiger partial charge in [-0.05, 0) is 74.2 Å². The fraction of sp³-hybridized carbons (Fsp3) is 0.457. The highest BCUT2D eigenvalue weighted by molar-refractivity contribution is 6.00. The maximum atomic E-state index is 16.6. The number of halogens is 1. The van der Waals surface area contributed by atoms with Gasteiger partial charge in [-0.1, -0.05) is 11.3 Å². The summed E-state index contributed by atoms with van der Waals surface area (Å²) >= 11 is 0.